The largest absolute Gasteiger partial charge is 0.455 e. The average Bonchev–Trinajstić information content (AvgIpc) is 4.03. The molecule has 0 aliphatic carbocycles. The van der Waals surface area contributed by atoms with Crippen molar-refractivity contribution in [2.24, 2.45) is 0 Å². The van der Waals surface area contributed by atoms with Gasteiger partial charge in [-0.1, -0.05) is 219 Å². The molecule has 0 N–H and O–H groups in total. The van der Waals surface area contributed by atoms with Crippen molar-refractivity contribution in [3.8, 4) is 84.4 Å². The van der Waals surface area contributed by atoms with Crippen LogP contribution in [0.25, 0.3) is 134 Å². The van der Waals surface area contributed by atoms with E-state index in [2.05, 4.69) is 224 Å². The number of allylic oxidation sites excluding steroid dienone is 4. The van der Waals surface area contributed by atoms with Crippen LogP contribution in [0.2, 0.25) is 0 Å². The molecule has 0 saturated heterocycles. The number of rotatable bonds is 11. The maximum Gasteiger partial charge on any atom is 0.164 e. The van der Waals surface area contributed by atoms with Crippen LogP contribution in [0.3, 0.4) is 0 Å². The zero-order chi connectivity index (χ0) is 49.5. The molecule has 348 valence electrons. The minimum absolute atomic E-state index is 0.549. The van der Waals surface area contributed by atoms with Gasteiger partial charge in [0.2, 0.25) is 0 Å². The van der Waals surface area contributed by atoms with Crippen molar-refractivity contribution in [1.29, 1.82) is 0 Å². The SMILES string of the molecule is C=C/C=C(\C=C)c1cc(-c2ccccc2)cc(-c2nc(-c3ccccc3)nc(-c3cc(-c4ccccc4)c(-n4c5ccccc5c5c6oc7c(-c8ccccc8)cccc7c6ccc54)c(-c4ccccc4)c3)n2)c1. The van der Waals surface area contributed by atoms with Crippen molar-refractivity contribution in [2.75, 3.05) is 0 Å². The summed E-state index contributed by atoms with van der Waals surface area (Å²) in [6.45, 7) is 8.17. The lowest BCUT2D eigenvalue weighted by atomic mass is 9.92. The van der Waals surface area contributed by atoms with Crippen LogP contribution in [0.4, 0.5) is 0 Å². The Labute approximate surface area is 429 Å². The first-order chi connectivity index (χ1) is 36.6. The first-order valence-corrected chi connectivity index (χ1v) is 24.8. The van der Waals surface area contributed by atoms with E-state index in [9.17, 15) is 0 Å². The summed E-state index contributed by atoms with van der Waals surface area (Å²) in [5.41, 5.74) is 17.8. The molecule has 0 saturated carbocycles. The fraction of sp³-hybridized carbons (Fsp3) is 0. The van der Waals surface area contributed by atoms with Gasteiger partial charge in [-0.15, -0.1) is 0 Å². The molecule has 0 aliphatic heterocycles. The average molecular weight is 947 g/mol. The minimum Gasteiger partial charge on any atom is -0.455 e. The zero-order valence-electron chi connectivity index (χ0n) is 40.4. The van der Waals surface area contributed by atoms with Gasteiger partial charge in [0, 0.05) is 49.5 Å². The fourth-order valence-corrected chi connectivity index (χ4v) is 10.6. The van der Waals surface area contributed by atoms with Gasteiger partial charge in [0.15, 0.2) is 17.5 Å². The van der Waals surface area contributed by atoms with Crippen LogP contribution in [0.5, 0.6) is 0 Å². The summed E-state index contributed by atoms with van der Waals surface area (Å²) in [6.07, 6.45) is 5.63. The molecule has 5 heteroatoms. The summed E-state index contributed by atoms with van der Waals surface area (Å²) in [4.78, 5) is 16.0. The highest BCUT2D eigenvalue weighted by molar-refractivity contribution is 6.25. The van der Waals surface area contributed by atoms with Crippen LogP contribution in [0.15, 0.2) is 272 Å². The summed E-state index contributed by atoms with van der Waals surface area (Å²) >= 11 is 0. The normalized spacial score (nSPS) is 11.7. The van der Waals surface area contributed by atoms with E-state index in [0.29, 0.717) is 17.5 Å². The third kappa shape index (κ3) is 7.72. The second kappa shape index (κ2) is 18.7. The van der Waals surface area contributed by atoms with Gasteiger partial charge in [-0.2, -0.15) is 0 Å². The van der Waals surface area contributed by atoms with E-state index in [1.54, 1.807) is 6.08 Å². The van der Waals surface area contributed by atoms with Crippen molar-refractivity contribution in [2.45, 2.75) is 0 Å². The molecule has 13 rings (SSSR count). The number of furan rings is 1. The molecule has 0 atom stereocenters. The van der Waals surface area contributed by atoms with Crippen LogP contribution in [-0.4, -0.2) is 19.5 Å². The first kappa shape index (κ1) is 44.0. The van der Waals surface area contributed by atoms with Crippen molar-refractivity contribution in [3.05, 3.63) is 274 Å². The number of aromatic nitrogens is 4. The second-order valence-corrected chi connectivity index (χ2v) is 18.4. The van der Waals surface area contributed by atoms with Gasteiger partial charge in [0.05, 0.1) is 22.1 Å². The maximum absolute atomic E-state index is 7.13. The Morgan fingerprint density at radius 2 is 0.865 bits per heavy atom. The number of hydrogen-bond acceptors (Lipinski definition) is 4. The molecule has 10 aromatic carbocycles. The quantitative estimate of drug-likeness (QED) is 0.121. The molecule has 13 aromatic rings. The Morgan fingerprint density at radius 1 is 0.378 bits per heavy atom. The van der Waals surface area contributed by atoms with Gasteiger partial charge >= 0.3 is 0 Å². The Bertz CT molecular complexity index is 4250. The summed E-state index contributed by atoms with van der Waals surface area (Å²) in [5, 5.41) is 4.33. The lowest BCUT2D eigenvalue weighted by molar-refractivity contribution is 0.674. The molecule has 0 amide bonds. The van der Waals surface area contributed by atoms with E-state index < -0.39 is 0 Å². The number of benzene rings is 10. The summed E-state index contributed by atoms with van der Waals surface area (Å²) in [6, 6.07) is 83.0. The minimum atomic E-state index is 0.549. The number of fused-ring (bicyclic) bond motifs is 7. The van der Waals surface area contributed by atoms with Gasteiger partial charge in [-0.25, -0.2) is 15.0 Å². The Hall–Kier alpha value is -9.97. The molecule has 0 fully saturated rings. The van der Waals surface area contributed by atoms with Gasteiger partial charge in [-0.05, 0) is 87.5 Å². The molecular weight excluding hydrogens is 901 g/mol. The molecule has 0 unspecified atom stereocenters. The molecule has 0 aliphatic rings. The van der Waals surface area contributed by atoms with E-state index in [-0.39, 0.29) is 0 Å². The molecule has 5 nitrogen and oxygen atoms in total. The predicted molar refractivity (Wildman–Crippen MR) is 308 cm³/mol. The molecule has 3 heterocycles. The van der Waals surface area contributed by atoms with Crippen molar-refractivity contribution in [1.82, 2.24) is 19.5 Å². The monoisotopic (exact) mass is 946 g/mol. The summed E-state index contributed by atoms with van der Waals surface area (Å²) in [5.74, 6) is 1.67. The van der Waals surface area contributed by atoms with Gasteiger partial charge < -0.3 is 8.98 Å². The molecule has 0 radical (unpaired) electrons. The Balaban J connectivity index is 1.10. The van der Waals surface area contributed by atoms with Crippen molar-refractivity contribution < 1.29 is 4.42 Å². The lowest BCUT2D eigenvalue weighted by Crippen LogP contribution is -2.04. The zero-order valence-corrected chi connectivity index (χ0v) is 40.4. The highest BCUT2D eigenvalue weighted by Gasteiger charge is 2.26. The van der Waals surface area contributed by atoms with Gasteiger partial charge in [0.1, 0.15) is 11.2 Å². The standard InChI is InChI=1S/C69H46N4O/c1-3-23-45(4-2)51-40-52(46-24-10-5-11-25-46)42-53(41-51)68-70-67(50-32-18-9-19-33-50)71-69(72-68)54-43-59(48-28-14-7-15-29-48)64(60(44-54)49-30-16-8-17-31-49)73-61-37-21-20-34-58(61)63-62(73)39-38-57-56-36-22-35-55(65(56)74-66(57)63)47-26-12-6-13-27-47/h3-44H,1-2H2/b45-23+. The third-order valence-electron chi connectivity index (χ3n) is 14.0. The van der Waals surface area contributed by atoms with E-state index in [1.165, 1.54) is 0 Å². The summed E-state index contributed by atoms with van der Waals surface area (Å²) < 4.78 is 9.57. The van der Waals surface area contributed by atoms with Gasteiger partial charge in [0.25, 0.3) is 0 Å². The van der Waals surface area contributed by atoms with Crippen LogP contribution in [0.1, 0.15) is 5.56 Å². The van der Waals surface area contributed by atoms with E-state index >= 15 is 0 Å². The second-order valence-electron chi connectivity index (χ2n) is 18.4. The van der Waals surface area contributed by atoms with Crippen molar-refractivity contribution in [3.63, 3.8) is 0 Å². The molecule has 0 bridgehead atoms. The molecule has 0 spiro atoms. The van der Waals surface area contributed by atoms with Crippen LogP contribution < -0.4 is 0 Å². The summed E-state index contributed by atoms with van der Waals surface area (Å²) in [7, 11) is 0. The van der Waals surface area contributed by atoms with E-state index in [1.807, 2.05) is 42.5 Å². The third-order valence-corrected chi connectivity index (χ3v) is 14.0. The lowest BCUT2D eigenvalue weighted by Gasteiger charge is -2.21. The maximum atomic E-state index is 7.13. The van der Waals surface area contributed by atoms with Crippen LogP contribution in [0, 0.1) is 0 Å². The van der Waals surface area contributed by atoms with Crippen molar-refractivity contribution >= 4 is 49.3 Å². The number of para-hydroxylation sites is 2. The smallest absolute Gasteiger partial charge is 0.164 e. The topological polar surface area (TPSA) is 56.7 Å². The Kier molecular flexibility index (Phi) is 11.1. The highest BCUT2D eigenvalue weighted by Crippen LogP contribution is 2.47. The van der Waals surface area contributed by atoms with E-state index in [0.717, 1.165) is 122 Å². The molecular formula is C69H46N4O. The fourth-order valence-electron chi connectivity index (χ4n) is 10.6. The first-order valence-electron chi connectivity index (χ1n) is 24.8. The highest BCUT2D eigenvalue weighted by atomic mass is 16.3. The number of nitrogens with zero attached hydrogens (tertiary/aromatic N) is 4. The predicted octanol–water partition coefficient (Wildman–Crippen LogP) is 18.3. The van der Waals surface area contributed by atoms with Crippen LogP contribution in [-0.2, 0) is 0 Å². The van der Waals surface area contributed by atoms with Crippen LogP contribution >= 0.6 is 0 Å². The van der Waals surface area contributed by atoms with E-state index in [4.69, 9.17) is 19.4 Å². The molecule has 74 heavy (non-hydrogen) atoms. The number of hydrogen-bond donors (Lipinski definition) is 0. The van der Waals surface area contributed by atoms with Gasteiger partial charge in [-0.3, -0.25) is 0 Å². The molecule has 3 aromatic heterocycles. The Morgan fingerprint density at radius 3 is 1.46 bits per heavy atom.